The Morgan fingerprint density at radius 1 is 1.00 bits per heavy atom. The molecule has 0 bridgehead atoms. The number of hydrogen-bond acceptors (Lipinski definition) is 4. The molecule has 0 spiro atoms. The summed E-state index contributed by atoms with van der Waals surface area (Å²) in [5.41, 5.74) is 2.61. The van der Waals surface area contributed by atoms with Crippen molar-refractivity contribution in [1.29, 1.82) is 5.26 Å². The van der Waals surface area contributed by atoms with E-state index in [2.05, 4.69) is 10.6 Å². The van der Waals surface area contributed by atoms with Gasteiger partial charge >= 0.3 is 0 Å². The zero-order valence-electron chi connectivity index (χ0n) is 17.3. The zero-order valence-corrected chi connectivity index (χ0v) is 18.0. The summed E-state index contributed by atoms with van der Waals surface area (Å²) in [6.07, 6.45) is 1.41. The van der Waals surface area contributed by atoms with E-state index in [1.54, 1.807) is 48.5 Å². The van der Waals surface area contributed by atoms with E-state index < -0.39 is 5.91 Å². The molecule has 0 aliphatic rings. The predicted molar refractivity (Wildman–Crippen MR) is 125 cm³/mol. The lowest BCUT2D eigenvalue weighted by Crippen LogP contribution is -2.20. The molecule has 0 aliphatic carbocycles. The molecule has 0 unspecified atom stereocenters. The number of halogens is 1. The third kappa shape index (κ3) is 6.46. The highest BCUT2D eigenvalue weighted by Crippen LogP contribution is 2.22. The van der Waals surface area contributed by atoms with E-state index in [1.165, 1.54) is 6.08 Å². The molecule has 0 saturated heterocycles. The average molecular weight is 446 g/mol. The molecule has 0 aromatic heterocycles. The van der Waals surface area contributed by atoms with E-state index >= 15 is 0 Å². The van der Waals surface area contributed by atoms with Gasteiger partial charge < -0.3 is 15.4 Å². The van der Waals surface area contributed by atoms with Gasteiger partial charge in [-0.3, -0.25) is 9.59 Å². The minimum absolute atomic E-state index is 0.120. The topological polar surface area (TPSA) is 91.2 Å². The Labute approximate surface area is 191 Å². The number of amides is 2. The maximum absolute atomic E-state index is 12.5. The van der Waals surface area contributed by atoms with Crippen molar-refractivity contribution in [1.82, 2.24) is 0 Å². The molecule has 3 rings (SSSR count). The summed E-state index contributed by atoms with van der Waals surface area (Å²) in [6.45, 7) is 1.74. The Balaban J connectivity index is 1.69. The van der Waals surface area contributed by atoms with E-state index in [0.717, 1.165) is 5.56 Å². The number of anilines is 2. The van der Waals surface area contributed by atoms with E-state index in [-0.39, 0.29) is 18.1 Å². The third-order valence-corrected chi connectivity index (χ3v) is 4.60. The van der Waals surface area contributed by atoms with E-state index in [4.69, 9.17) is 16.3 Å². The number of hydrogen-bond donors (Lipinski definition) is 2. The molecule has 160 valence electrons. The van der Waals surface area contributed by atoms with Crippen LogP contribution in [0.2, 0.25) is 5.02 Å². The first-order valence-electron chi connectivity index (χ1n) is 9.71. The first-order valence-corrected chi connectivity index (χ1v) is 10.1. The first kappa shape index (κ1) is 22.6. The molecule has 2 amide bonds. The Morgan fingerprint density at radius 3 is 2.47 bits per heavy atom. The van der Waals surface area contributed by atoms with Gasteiger partial charge in [-0.1, -0.05) is 53.6 Å². The second kappa shape index (κ2) is 10.8. The molecule has 7 heteroatoms. The van der Waals surface area contributed by atoms with Crippen molar-refractivity contribution < 1.29 is 14.3 Å². The minimum atomic E-state index is -0.582. The number of ether oxygens (including phenoxy) is 1. The minimum Gasteiger partial charge on any atom is -0.483 e. The Hall–Kier alpha value is -4.08. The van der Waals surface area contributed by atoms with Gasteiger partial charge in [0.25, 0.3) is 11.8 Å². The summed E-state index contributed by atoms with van der Waals surface area (Å²) in [5.74, 6) is -0.539. The number of nitrogens with zero attached hydrogens (tertiary/aromatic N) is 1. The molecule has 32 heavy (non-hydrogen) atoms. The largest absolute Gasteiger partial charge is 0.483 e. The van der Waals surface area contributed by atoms with Crippen LogP contribution in [-0.4, -0.2) is 18.4 Å². The van der Waals surface area contributed by atoms with Crippen LogP contribution < -0.4 is 15.4 Å². The molecule has 0 saturated carbocycles. The molecule has 0 aliphatic heterocycles. The number of aryl methyl sites for hydroxylation is 1. The number of nitrogens with one attached hydrogen (secondary N) is 2. The average Bonchev–Trinajstić information content (AvgIpc) is 2.78. The molecule has 0 heterocycles. The highest BCUT2D eigenvalue weighted by atomic mass is 35.5. The van der Waals surface area contributed by atoms with Crippen LogP contribution in [0.5, 0.6) is 5.75 Å². The quantitative estimate of drug-likeness (QED) is 0.385. The van der Waals surface area contributed by atoms with E-state index in [1.807, 2.05) is 37.3 Å². The summed E-state index contributed by atoms with van der Waals surface area (Å²) >= 11 is 5.93. The van der Waals surface area contributed by atoms with Crippen LogP contribution >= 0.6 is 11.6 Å². The Kier molecular flexibility index (Phi) is 7.63. The number of rotatable bonds is 7. The Bertz CT molecular complexity index is 1200. The van der Waals surface area contributed by atoms with Crippen molar-refractivity contribution >= 4 is 40.9 Å². The lowest BCUT2D eigenvalue weighted by molar-refractivity contribution is -0.118. The summed E-state index contributed by atoms with van der Waals surface area (Å²) in [4.78, 5) is 24.7. The summed E-state index contributed by atoms with van der Waals surface area (Å²) in [6, 6.07) is 22.8. The lowest BCUT2D eigenvalue weighted by atomic mass is 10.1. The molecule has 2 N–H and O–H groups in total. The van der Waals surface area contributed by atoms with Crippen molar-refractivity contribution in [3.63, 3.8) is 0 Å². The first-order chi connectivity index (χ1) is 15.4. The van der Waals surface area contributed by atoms with Crippen molar-refractivity contribution in [2.24, 2.45) is 0 Å². The normalized spacial score (nSPS) is 10.7. The molecule has 0 radical (unpaired) electrons. The lowest BCUT2D eigenvalue weighted by Gasteiger charge is -2.10. The van der Waals surface area contributed by atoms with Gasteiger partial charge in [0.05, 0.1) is 0 Å². The van der Waals surface area contributed by atoms with Crippen LogP contribution in [0.1, 0.15) is 11.1 Å². The summed E-state index contributed by atoms with van der Waals surface area (Å²) in [7, 11) is 0. The monoisotopic (exact) mass is 445 g/mol. The van der Waals surface area contributed by atoms with Crippen LogP contribution in [0.3, 0.4) is 0 Å². The fourth-order valence-corrected chi connectivity index (χ4v) is 2.97. The van der Waals surface area contributed by atoms with Crippen LogP contribution in [-0.2, 0) is 9.59 Å². The highest BCUT2D eigenvalue weighted by molar-refractivity contribution is 6.31. The maximum Gasteiger partial charge on any atom is 0.266 e. The fourth-order valence-electron chi connectivity index (χ4n) is 2.78. The predicted octanol–water partition coefficient (Wildman–Crippen LogP) is 5.21. The van der Waals surface area contributed by atoms with Crippen LogP contribution in [0.15, 0.2) is 78.4 Å². The van der Waals surface area contributed by atoms with Gasteiger partial charge in [-0.05, 0) is 49.4 Å². The third-order valence-electron chi connectivity index (χ3n) is 4.36. The van der Waals surface area contributed by atoms with Crippen LogP contribution in [0, 0.1) is 18.3 Å². The van der Waals surface area contributed by atoms with Gasteiger partial charge in [0.2, 0.25) is 0 Å². The number of benzene rings is 3. The van der Waals surface area contributed by atoms with Gasteiger partial charge in [-0.15, -0.1) is 0 Å². The maximum atomic E-state index is 12.5. The number of nitriles is 1. The number of carbonyl (C=O) groups excluding carboxylic acids is 2. The highest BCUT2D eigenvalue weighted by Gasteiger charge is 2.12. The van der Waals surface area contributed by atoms with Gasteiger partial charge in [0.15, 0.2) is 6.61 Å². The van der Waals surface area contributed by atoms with Crippen molar-refractivity contribution in [2.45, 2.75) is 6.92 Å². The molecule has 3 aromatic rings. The standard InChI is InChI=1S/C25H20ClN3O3/c1-17-9-11-21(12-10-17)28-24(30)16-32-23-8-3-2-5-18(23)13-19(15-27)25(31)29-22-7-4-6-20(26)14-22/h2-14H,16H2,1H3,(H,28,30)(H,29,31)/b19-13+. The molecular weight excluding hydrogens is 426 g/mol. The Morgan fingerprint density at radius 2 is 1.75 bits per heavy atom. The smallest absolute Gasteiger partial charge is 0.266 e. The van der Waals surface area contributed by atoms with Gasteiger partial charge in [0.1, 0.15) is 17.4 Å². The van der Waals surface area contributed by atoms with E-state index in [9.17, 15) is 14.9 Å². The van der Waals surface area contributed by atoms with Gasteiger partial charge in [-0.25, -0.2) is 0 Å². The molecular formula is C25H20ClN3O3. The zero-order chi connectivity index (χ0) is 22.9. The SMILES string of the molecule is Cc1ccc(NC(=O)COc2ccccc2/C=C(\C#N)C(=O)Nc2cccc(Cl)c2)cc1. The van der Waals surface area contributed by atoms with Gasteiger partial charge in [-0.2, -0.15) is 5.26 Å². The summed E-state index contributed by atoms with van der Waals surface area (Å²) in [5, 5.41) is 15.3. The molecule has 6 nitrogen and oxygen atoms in total. The molecule has 3 aromatic carbocycles. The van der Waals surface area contributed by atoms with Crippen molar-refractivity contribution in [2.75, 3.05) is 17.2 Å². The second-order valence-corrected chi connectivity index (χ2v) is 7.31. The van der Waals surface area contributed by atoms with Crippen LogP contribution in [0.4, 0.5) is 11.4 Å². The second-order valence-electron chi connectivity index (χ2n) is 6.87. The summed E-state index contributed by atoms with van der Waals surface area (Å²) < 4.78 is 5.64. The number of carbonyl (C=O) groups is 2. The molecule has 0 atom stereocenters. The van der Waals surface area contributed by atoms with Crippen molar-refractivity contribution in [3.8, 4) is 11.8 Å². The van der Waals surface area contributed by atoms with E-state index in [0.29, 0.717) is 27.7 Å². The van der Waals surface area contributed by atoms with Crippen LogP contribution in [0.25, 0.3) is 6.08 Å². The van der Waals surface area contributed by atoms with Gasteiger partial charge in [0, 0.05) is 22.0 Å². The van der Waals surface area contributed by atoms with Crippen molar-refractivity contribution in [3.05, 3.63) is 94.5 Å². The number of para-hydroxylation sites is 1. The molecule has 0 fully saturated rings. The fraction of sp³-hybridized carbons (Fsp3) is 0.0800.